The van der Waals surface area contributed by atoms with E-state index in [1.165, 1.54) is 14.0 Å². The van der Waals surface area contributed by atoms with Crippen molar-refractivity contribution in [2.24, 2.45) is 0 Å². The Hall–Kier alpha value is -0.950. The monoisotopic (exact) mass is 264 g/mol. The number of esters is 1. The summed E-state index contributed by atoms with van der Waals surface area (Å²) in [6, 6.07) is -0.701. The minimum absolute atomic E-state index is 0.271. The van der Waals surface area contributed by atoms with E-state index in [0.29, 0.717) is 18.1 Å². The molecule has 0 saturated carbocycles. The molecule has 0 aromatic heterocycles. The van der Waals surface area contributed by atoms with Crippen molar-refractivity contribution in [2.45, 2.75) is 19.9 Å². The van der Waals surface area contributed by atoms with Gasteiger partial charge in [0.2, 0.25) is 5.91 Å². The van der Waals surface area contributed by atoms with Gasteiger partial charge in [-0.1, -0.05) is 6.92 Å². The van der Waals surface area contributed by atoms with Crippen LogP contribution >= 0.6 is 0 Å². The first-order valence-corrected chi connectivity index (χ1v) is 6.90. The summed E-state index contributed by atoms with van der Waals surface area (Å²) in [5, 5.41) is 5.44. The molecule has 0 aromatic rings. The molecule has 6 nitrogen and oxygen atoms in total. The molecule has 0 saturated heterocycles. The standard InChI is InChI=1S/C10H20N2O4S/c1-4-17(15)6-5-11-7-9(10(14)16-3)12-8(2)13/h9,11H,4-7H2,1-3H3,(H,12,13). The largest absolute Gasteiger partial charge is 0.467 e. The summed E-state index contributed by atoms with van der Waals surface area (Å²) in [6.45, 7) is 3.99. The molecule has 0 heterocycles. The second-order valence-electron chi connectivity index (χ2n) is 3.41. The average Bonchev–Trinajstić information content (AvgIpc) is 2.31. The molecule has 0 aliphatic carbocycles. The number of carbonyl (C=O) groups excluding carboxylic acids is 2. The summed E-state index contributed by atoms with van der Waals surface area (Å²) in [4.78, 5) is 22.2. The van der Waals surface area contributed by atoms with Gasteiger partial charge in [0.1, 0.15) is 6.04 Å². The zero-order valence-electron chi connectivity index (χ0n) is 10.4. The fourth-order valence-electron chi connectivity index (χ4n) is 1.16. The van der Waals surface area contributed by atoms with E-state index < -0.39 is 22.8 Å². The summed E-state index contributed by atoms with van der Waals surface area (Å²) in [6.07, 6.45) is 0. The molecular weight excluding hydrogens is 244 g/mol. The van der Waals surface area contributed by atoms with E-state index in [-0.39, 0.29) is 12.5 Å². The molecule has 17 heavy (non-hydrogen) atoms. The maximum absolute atomic E-state index is 11.3. The normalized spacial score (nSPS) is 13.8. The predicted octanol–water partition coefficient (Wildman–Crippen LogP) is -0.978. The second kappa shape index (κ2) is 9.12. The van der Waals surface area contributed by atoms with Gasteiger partial charge < -0.3 is 15.4 Å². The number of hydrogen-bond acceptors (Lipinski definition) is 5. The van der Waals surface area contributed by atoms with Gasteiger partial charge in [-0.05, 0) is 0 Å². The van der Waals surface area contributed by atoms with Crippen molar-refractivity contribution in [3.8, 4) is 0 Å². The lowest BCUT2D eigenvalue weighted by atomic mass is 10.3. The Kier molecular flexibility index (Phi) is 8.61. The molecule has 0 aliphatic rings. The predicted molar refractivity (Wildman–Crippen MR) is 66.0 cm³/mol. The van der Waals surface area contributed by atoms with Crippen molar-refractivity contribution in [1.29, 1.82) is 0 Å². The van der Waals surface area contributed by atoms with E-state index in [2.05, 4.69) is 15.4 Å². The smallest absolute Gasteiger partial charge is 0.329 e. The van der Waals surface area contributed by atoms with E-state index in [1.807, 2.05) is 6.92 Å². The Labute approximate surface area is 104 Å². The Morgan fingerprint density at radius 1 is 1.41 bits per heavy atom. The van der Waals surface area contributed by atoms with Gasteiger partial charge in [-0.3, -0.25) is 9.00 Å². The molecule has 0 fully saturated rings. The van der Waals surface area contributed by atoms with Crippen molar-refractivity contribution in [3.05, 3.63) is 0 Å². The van der Waals surface area contributed by atoms with Crippen LogP contribution in [0.5, 0.6) is 0 Å². The van der Waals surface area contributed by atoms with Crippen LogP contribution < -0.4 is 10.6 Å². The third-order valence-electron chi connectivity index (χ3n) is 2.04. The Morgan fingerprint density at radius 2 is 2.06 bits per heavy atom. The fourth-order valence-corrected chi connectivity index (χ4v) is 1.82. The van der Waals surface area contributed by atoms with Crippen molar-refractivity contribution >= 4 is 22.7 Å². The molecule has 0 spiro atoms. The van der Waals surface area contributed by atoms with Gasteiger partial charge in [0.25, 0.3) is 0 Å². The molecule has 100 valence electrons. The number of ether oxygens (including phenoxy) is 1. The first kappa shape index (κ1) is 16.1. The van der Waals surface area contributed by atoms with Crippen LogP contribution in [0.2, 0.25) is 0 Å². The van der Waals surface area contributed by atoms with E-state index >= 15 is 0 Å². The lowest BCUT2D eigenvalue weighted by Gasteiger charge is -2.15. The highest BCUT2D eigenvalue weighted by atomic mass is 32.2. The highest BCUT2D eigenvalue weighted by molar-refractivity contribution is 7.84. The van der Waals surface area contributed by atoms with Crippen LogP contribution in [0, 0.1) is 0 Å². The summed E-state index contributed by atoms with van der Waals surface area (Å²) in [5.41, 5.74) is 0. The van der Waals surface area contributed by atoms with E-state index in [1.54, 1.807) is 0 Å². The van der Waals surface area contributed by atoms with Crippen LogP contribution in [0.15, 0.2) is 0 Å². The Balaban J connectivity index is 3.95. The number of nitrogens with one attached hydrogen (secondary N) is 2. The Morgan fingerprint density at radius 3 is 2.53 bits per heavy atom. The van der Waals surface area contributed by atoms with Gasteiger partial charge in [-0.25, -0.2) is 4.79 Å². The second-order valence-corrected chi connectivity index (χ2v) is 5.28. The number of hydrogen-bond donors (Lipinski definition) is 2. The summed E-state index contributed by atoms with van der Waals surface area (Å²) in [5.74, 6) is 0.363. The van der Waals surface area contributed by atoms with Gasteiger partial charge in [0.15, 0.2) is 0 Å². The maximum Gasteiger partial charge on any atom is 0.329 e. The van der Waals surface area contributed by atoms with Crippen LogP contribution in [0.3, 0.4) is 0 Å². The third-order valence-corrected chi connectivity index (χ3v) is 3.34. The zero-order chi connectivity index (χ0) is 13.3. The molecule has 0 aromatic carbocycles. The van der Waals surface area contributed by atoms with E-state index in [9.17, 15) is 13.8 Å². The van der Waals surface area contributed by atoms with Gasteiger partial charge in [-0.2, -0.15) is 0 Å². The highest BCUT2D eigenvalue weighted by Gasteiger charge is 2.19. The van der Waals surface area contributed by atoms with Crippen LogP contribution in [0.4, 0.5) is 0 Å². The summed E-state index contributed by atoms with van der Waals surface area (Å²) >= 11 is 0. The zero-order valence-corrected chi connectivity index (χ0v) is 11.3. The van der Waals surface area contributed by atoms with Crippen LogP contribution in [0.1, 0.15) is 13.8 Å². The minimum Gasteiger partial charge on any atom is -0.467 e. The van der Waals surface area contributed by atoms with Crippen molar-refractivity contribution in [2.75, 3.05) is 31.7 Å². The van der Waals surface area contributed by atoms with Crippen molar-refractivity contribution < 1.29 is 18.5 Å². The minimum atomic E-state index is -0.831. The van der Waals surface area contributed by atoms with Gasteiger partial charge in [0.05, 0.1) is 7.11 Å². The molecule has 2 unspecified atom stereocenters. The first-order chi connectivity index (χ1) is 8.01. The summed E-state index contributed by atoms with van der Waals surface area (Å²) in [7, 11) is 0.436. The lowest BCUT2D eigenvalue weighted by molar-refractivity contribution is -0.144. The van der Waals surface area contributed by atoms with Gasteiger partial charge in [-0.15, -0.1) is 0 Å². The van der Waals surface area contributed by atoms with Gasteiger partial charge in [0, 0.05) is 42.3 Å². The highest BCUT2D eigenvalue weighted by Crippen LogP contribution is 1.87. The molecule has 0 radical (unpaired) electrons. The SMILES string of the molecule is CCS(=O)CCNCC(NC(C)=O)C(=O)OC. The van der Waals surface area contributed by atoms with E-state index in [0.717, 1.165) is 0 Å². The first-order valence-electron chi connectivity index (χ1n) is 5.41. The number of rotatable bonds is 8. The van der Waals surface area contributed by atoms with Crippen LogP contribution in [-0.2, 0) is 25.1 Å². The molecule has 2 N–H and O–H groups in total. The average molecular weight is 264 g/mol. The van der Waals surface area contributed by atoms with Crippen LogP contribution in [0.25, 0.3) is 0 Å². The molecule has 0 rings (SSSR count). The molecule has 0 aliphatic heterocycles. The Bertz CT molecular complexity index is 283. The fraction of sp³-hybridized carbons (Fsp3) is 0.800. The van der Waals surface area contributed by atoms with Crippen LogP contribution in [-0.4, -0.2) is 53.8 Å². The van der Waals surface area contributed by atoms with E-state index in [4.69, 9.17) is 0 Å². The molecule has 1 amide bonds. The number of carbonyl (C=O) groups is 2. The number of methoxy groups -OCH3 is 1. The maximum atomic E-state index is 11.3. The number of amides is 1. The molecule has 7 heteroatoms. The van der Waals surface area contributed by atoms with Crippen molar-refractivity contribution in [1.82, 2.24) is 10.6 Å². The third kappa shape index (κ3) is 7.87. The quantitative estimate of drug-likeness (QED) is 0.435. The van der Waals surface area contributed by atoms with Crippen molar-refractivity contribution in [3.63, 3.8) is 0 Å². The topological polar surface area (TPSA) is 84.5 Å². The lowest BCUT2D eigenvalue weighted by Crippen LogP contribution is -2.47. The summed E-state index contributed by atoms with van der Waals surface area (Å²) < 4.78 is 15.7. The molecule has 0 bridgehead atoms. The van der Waals surface area contributed by atoms with Gasteiger partial charge >= 0.3 is 5.97 Å². The molecular formula is C10H20N2O4S. The molecule has 2 atom stereocenters.